The minimum atomic E-state index is -0.567. The van der Waals surface area contributed by atoms with Crippen LogP contribution in [0.25, 0.3) is 0 Å². The summed E-state index contributed by atoms with van der Waals surface area (Å²) in [6.45, 7) is 3.00. The van der Waals surface area contributed by atoms with E-state index in [4.69, 9.17) is 0 Å². The summed E-state index contributed by atoms with van der Waals surface area (Å²) in [6.07, 6.45) is 1.18. The van der Waals surface area contributed by atoms with E-state index in [1.54, 1.807) is 11.0 Å². The zero-order valence-corrected chi connectivity index (χ0v) is 16.0. The first kappa shape index (κ1) is 18.3. The van der Waals surface area contributed by atoms with Gasteiger partial charge in [-0.2, -0.15) is 0 Å². The second-order valence-electron chi connectivity index (χ2n) is 7.49. The van der Waals surface area contributed by atoms with Crippen molar-refractivity contribution in [3.8, 4) is 0 Å². The van der Waals surface area contributed by atoms with Gasteiger partial charge in [-0.05, 0) is 42.8 Å². The number of carbonyl (C=O) groups excluding carboxylic acids is 2. The average molecular weight is 382 g/mol. The molecule has 2 aromatic carbocycles. The summed E-state index contributed by atoms with van der Waals surface area (Å²) < 4.78 is 13.5. The normalized spacial score (nSPS) is 17.9. The highest BCUT2D eigenvalue weighted by molar-refractivity contribution is 6.02. The highest BCUT2D eigenvalue weighted by Crippen LogP contribution is 2.36. The van der Waals surface area contributed by atoms with Crippen LogP contribution in [0.5, 0.6) is 0 Å². The molecular weight excluding hydrogens is 359 g/mol. The number of likely N-dealkylation sites (tertiary alicyclic amines) is 1. The van der Waals surface area contributed by atoms with E-state index < -0.39 is 11.5 Å². The summed E-state index contributed by atoms with van der Waals surface area (Å²) in [5.74, 6) is -0.703. The molecule has 146 valence electrons. The van der Waals surface area contributed by atoms with E-state index >= 15 is 0 Å². The number of nitrogens with zero attached hydrogens (tertiary/aromatic N) is 2. The van der Waals surface area contributed by atoms with Crippen LogP contribution in [-0.4, -0.2) is 42.6 Å². The number of halogens is 1. The molecule has 0 aliphatic carbocycles. The fourth-order valence-corrected chi connectivity index (χ4v) is 4.04. The lowest BCUT2D eigenvalue weighted by Gasteiger charge is -2.51. The summed E-state index contributed by atoms with van der Waals surface area (Å²) in [6, 6.07) is 11.8. The van der Waals surface area contributed by atoms with Gasteiger partial charge in [0.2, 0.25) is 0 Å². The molecule has 0 radical (unpaired) electrons. The molecule has 1 spiro atoms. The van der Waals surface area contributed by atoms with Crippen molar-refractivity contribution >= 4 is 23.3 Å². The van der Waals surface area contributed by atoms with Crippen LogP contribution in [0.4, 0.5) is 20.6 Å². The van der Waals surface area contributed by atoms with Crippen LogP contribution in [0.2, 0.25) is 0 Å². The molecule has 0 aromatic heterocycles. The fraction of sp³-hybridized carbons (Fsp3) is 0.333. The van der Waals surface area contributed by atoms with E-state index in [9.17, 15) is 14.0 Å². The molecule has 0 bridgehead atoms. The number of nitrogens with one attached hydrogen (secondary N) is 2. The molecule has 2 N–H and O–H groups in total. The number of urea groups is 1. The van der Waals surface area contributed by atoms with Crippen molar-refractivity contribution in [1.82, 2.24) is 10.2 Å². The van der Waals surface area contributed by atoms with Gasteiger partial charge in [-0.1, -0.05) is 12.1 Å². The Morgan fingerprint density at radius 3 is 2.64 bits per heavy atom. The average Bonchev–Trinajstić information content (AvgIpc) is 2.67. The summed E-state index contributed by atoms with van der Waals surface area (Å²) in [5.41, 5.74) is 2.33. The Morgan fingerprint density at radius 1 is 1.18 bits per heavy atom. The summed E-state index contributed by atoms with van der Waals surface area (Å²) in [7, 11) is 1.90. The number of piperidine rings is 1. The number of fused-ring (bicyclic) bond motifs is 1. The lowest BCUT2D eigenvalue weighted by atomic mass is 9.90. The fourth-order valence-electron chi connectivity index (χ4n) is 4.04. The number of hydrogen-bond acceptors (Lipinski definition) is 3. The van der Waals surface area contributed by atoms with Gasteiger partial charge in [-0.15, -0.1) is 0 Å². The summed E-state index contributed by atoms with van der Waals surface area (Å²) in [5, 5.41) is 5.97. The van der Waals surface area contributed by atoms with Crippen LogP contribution in [0.1, 0.15) is 28.8 Å². The van der Waals surface area contributed by atoms with Crippen molar-refractivity contribution in [2.24, 2.45) is 0 Å². The van der Waals surface area contributed by atoms with Crippen LogP contribution >= 0.6 is 0 Å². The minimum absolute atomic E-state index is 0.146. The second kappa shape index (κ2) is 6.82. The lowest BCUT2D eigenvalue weighted by Crippen LogP contribution is -2.67. The smallest absolute Gasteiger partial charge is 0.321 e. The number of anilines is 2. The Balaban J connectivity index is 1.47. The SMILES string of the molecule is Cc1cccc(NC(=O)N2CCC3(CC2)NC(=O)c2cc(F)ccc2N3C)c1. The van der Waals surface area contributed by atoms with Crippen LogP contribution in [0.3, 0.4) is 0 Å². The Morgan fingerprint density at radius 2 is 1.93 bits per heavy atom. The first-order valence-electron chi connectivity index (χ1n) is 9.36. The van der Waals surface area contributed by atoms with Crippen LogP contribution in [-0.2, 0) is 0 Å². The van der Waals surface area contributed by atoms with Crippen LogP contribution < -0.4 is 15.5 Å². The van der Waals surface area contributed by atoms with Crippen molar-refractivity contribution in [3.05, 3.63) is 59.4 Å². The summed E-state index contributed by atoms with van der Waals surface area (Å²) in [4.78, 5) is 28.9. The Labute approximate surface area is 163 Å². The Kier molecular flexibility index (Phi) is 4.45. The van der Waals surface area contributed by atoms with E-state index in [-0.39, 0.29) is 11.9 Å². The van der Waals surface area contributed by atoms with Gasteiger partial charge in [0, 0.05) is 38.7 Å². The van der Waals surface area contributed by atoms with Gasteiger partial charge in [0.1, 0.15) is 11.5 Å². The summed E-state index contributed by atoms with van der Waals surface area (Å²) >= 11 is 0. The van der Waals surface area contributed by atoms with Crippen molar-refractivity contribution in [1.29, 1.82) is 0 Å². The number of hydrogen-bond donors (Lipinski definition) is 2. The van der Waals surface area contributed by atoms with Gasteiger partial charge < -0.3 is 20.4 Å². The molecule has 0 unspecified atom stereocenters. The quantitative estimate of drug-likeness (QED) is 0.795. The molecule has 1 saturated heterocycles. The highest BCUT2D eigenvalue weighted by atomic mass is 19.1. The largest absolute Gasteiger partial charge is 0.351 e. The van der Waals surface area contributed by atoms with Crippen LogP contribution in [0, 0.1) is 12.7 Å². The third kappa shape index (κ3) is 3.17. The van der Waals surface area contributed by atoms with E-state index in [0.29, 0.717) is 37.2 Å². The topological polar surface area (TPSA) is 64.7 Å². The van der Waals surface area contributed by atoms with E-state index in [1.165, 1.54) is 12.1 Å². The number of carbonyl (C=O) groups is 2. The standard InChI is InChI=1S/C21H23FN4O2/c1-14-4-3-5-16(12-14)23-20(28)26-10-8-21(9-11-26)24-19(27)17-13-15(22)6-7-18(17)25(21)2/h3-7,12-13H,8-11H2,1-2H3,(H,23,28)(H,24,27). The molecule has 2 aliphatic rings. The predicted octanol–water partition coefficient (Wildman–Crippen LogP) is 3.34. The molecule has 6 nitrogen and oxygen atoms in total. The van der Waals surface area contributed by atoms with Gasteiger partial charge in [-0.3, -0.25) is 4.79 Å². The zero-order valence-electron chi connectivity index (χ0n) is 16.0. The molecule has 4 rings (SSSR count). The molecule has 3 amide bonds. The third-order valence-corrected chi connectivity index (χ3v) is 5.70. The van der Waals surface area contributed by atoms with E-state index in [0.717, 1.165) is 11.3 Å². The maximum Gasteiger partial charge on any atom is 0.321 e. The molecule has 7 heteroatoms. The van der Waals surface area contributed by atoms with Gasteiger partial charge in [0.25, 0.3) is 5.91 Å². The monoisotopic (exact) mass is 382 g/mol. The van der Waals surface area contributed by atoms with E-state index in [2.05, 4.69) is 10.6 Å². The third-order valence-electron chi connectivity index (χ3n) is 5.70. The number of rotatable bonds is 1. The minimum Gasteiger partial charge on any atom is -0.351 e. The first-order valence-corrected chi connectivity index (χ1v) is 9.36. The Hall–Kier alpha value is -3.09. The van der Waals surface area contributed by atoms with Gasteiger partial charge >= 0.3 is 6.03 Å². The predicted molar refractivity (Wildman–Crippen MR) is 106 cm³/mol. The molecule has 2 heterocycles. The maximum atomic E-state index is 13.5. The highest BCUT2D eigenvalue weighted by Gasteiger charge is 2.44. The molecule has 0 saturated carbocycles. The zero-order chi connectivity index (χ0) is 19.9. The number of aryl methyl sites for hydroxylation is 1. The molecule has 0 atom stereocenters. The molecule has 2 aromatic rings. The van der Waals surface area contributed by atoms with Crippen molar-refractivity contribution in [3.63, 3.8) is 0 Å². The molecule has 1 fully saturated rings. The van der Waals surface area contributed by atoms with Gasteiger partial charge in [-0.25, -0.2) is 9.18 Å². The maximum absolute atomic E-state index is 13.5. The van der Waals surface area contributed by atoms with Gasteiger partial charge in [0.15, 0.2) is 0 Å². The molecule has 28 heavy (non-hydrogen) atoms. The van der Waals surface area contributed by atoms with Gasteiger partial charge in [0.05, 0.1) is 11.3 Å². The Bertz CT molecular complexity index is 938. The number of amides is 3. The van der Waals surface area contributed by atoms with Crippen molar-refractivity contribution < 1.29 is 14.0 Å². The molecule has 2 aliphatic heterocycles. The van der Waals surface area contributed by atoms with Crippen LogP contribution in [0.15, 0.2) is 42.5 Å². The van der Waals surface area contributed by atoms with Crippen molar-refractivity contribution in [2.75, 3.05) is 30.4 Å². The number of benzene rings is 2. The molecular formula is C21H23FN4O2. The van der Waals surface area contributed by atoms with E-state index in [1.807, 2.05) is 43.1 Å². The lowest BCUT2D eigenvalue weighted by molar-refractivity contribution is 0.0814. The van der Waals surface area contributed by atoms with Crippen molar-refractivity contribution in [2.45, 2.75) is 25.4 Å². The first-order chi connectivity index (χ1) is 13.4. The second-order valence-corrected chi connectivity index (χ2v) is 7.49.